The van der Waals surface area contributed by atoms with E-state index in [0.717, 1.165) is 30.7 Å². The lowest BCUT2D eigenvalue weighted by Gasteiger charge is -2.27. The van der Waals surface area contributed by atoms with Gasteiger partial charge in [0.05, 0.1) is 13.2 Å². The highest BCUT2D eigenvalue weighted by Crippen LogP contribution is 2.36. The first kappa shape index (κ1) is 14.4. The second kappa shape index (κ2) is 5.76. The normalized spacial score (nSPS) is 20.0. The van der Waals surface area contributed by atoms with Crippen molar-refractivity contribution in [3.63, 3.8) is 0 Å². The fourth-order valence-corrected chi connectivity index (χ4v) is 3.56. The summed E-state index contributed by atoms with van der Waals surface area (Å²) in [5, 5.41) is 3.24. The average Bonchev–Trinajstić information content (AvgIpc) is 3.31. The predicted octanol–water partition coefficient (Wildman–Crippen LogP) is 3.64. The fourth-order valence-electron chi connectivity index (χ4n) is 3.56. The van der Waals surface area contributed by atoms with Crippen LogP contribution in [0.2, 0.25) is 0 Å². The maximum atomic E-state index is 12.7. The van der Waals surface area contributed by atoms with Gasteiger partial charge in [0.1, 0.15) is 11.4 Å². The lowest BCUT2D eigenvalue weighted by molar-refractivity contribution is 0.0923. The molecule has 1 atom stereocenters. The number of hydrogen-bond acceptors (Lipinski definition) is 2. The van der Waals surface area contributed by atoms with Gasteiger partial charge in [-0.3, -0.25) is 4.79 Å². The molecular formula is C19H22N2O2. The molecule has 1 saturated carbocycles. The molecule has 0 radical (unpaired) electrons. The van der Waals surface area contributed by atoms with Crippen molar-refractivity contribution in [3.05, 3.63) is 53.3 Å². The van der Waals surface area contributed by atoms with Gasteiger partial charge < -0.3 is 14.6 Å². The highest BCUT2D eigenvalue weighted by molar-refractivity contribution is 5.93. The van der Waals surface area contributed by atoms with E-state index >= 15 is 0 Å². The number of carbonyl (C=O) groups is 1. The fraction of sp³-hybridized carbons (Fsp3) is 0.421. The number of benzene rings is 1. The number of nitrogens with zero attached hydrogens (tertiary/aromatic N) is 1. The molecule has 1 amide bonds. The van der Waals surface area contributed by atoms with Crippen molar-refractivity contribution in [1.82, 2.24) is 9.88 Å². The van der Waals surface area contributed by atoms with E-state index in [-0.39, 0.29) is 11.9 Å². The first-order valence-electron chi connectivity index (χ1n) is 8.41. The second-order valence-corrected chi connectivity index (χ2v) is 6.51. The SMILES string of the molecule is COc1ccc2c(c1)CCCC2NC(=O)c1cccn1C1CC1. The smallest absolute Gasteiger partial charge is 0.268 e. The third kappa shape index (κ3) is 2.74. The zero-order chi connectivity index (χ0) is 15.8. The number of aryl methyl sites for hydroxylation is 1. The van der Waals surface area contributed by atoms with Gasteiger partial charge in [-0.05, 0) is 67.5 Å². The summed E-state index contributed by atoms with van der Waals surface area (Å²) in [6.45, 7) is 0. The molecule has 2 aromatic rings. The third-order valence-electron chi connectivity index (χ3n) is 4.92. The average molecular weight is 310 g/mol. The van der Waals surface area contributed by atoms with Crippen LogP contribution in [0.4, 0.5) is 0 Å². The van der Waals surface area contributed by atoms with Crippen LogP contribution in [0.5, 0.6) is 5.75 Å². The standard InChI is InChI=1S/C19H22N2O2/c1-23-15-9-10-16-13(12-15)4-2-5-17(16)20-19(22)18-6-3-11-21(18)14-7-8-14/h3,6,9-12,14,17H,2,4-5,7-8H2,1H3,(H,20,22). The molecule has 4 heteroatoms. The lowest BCUT2D eigenvalue weighted by atomic mass is 9.87. The van der Waals surface area contributed by atoms with Crippen LogP contribution in [0.25, 0.3) is 0 Å². The molecule has 1 aromatic heterocycles. The van der Waals surface area contributed by atoms with Crippen LogP contribution in [0.15, 0.2) is 36.5 Å². The van der Waals surface area contributed by atoms with Crippen molar-refractivity contribution >= 4 is 5.91 Å². The van der Waals surface area contributed by atoms with Gasteiger partial charge in [0.2, 0.25) is 0 Å². The number of hydrogen-bond donors (Lipinski definition) is 1. The molecule has 0 aliphatic heterocycles. The molecule has 120 valence electrons. The summed E-state index contributed by atoms with van der Waals surface area (Å²) in [7, 11) is 1.69. The number of amides is 1. The number of rotatable bonds is 4. The van der Waals surface area contributed by atoms with E-state index < -0.39 is 0 Å². The highest BCUT2D eigenvalue weighted by atomic mass is 16.5. The topological polar surface area (TPSA) is 43.3 Å². The van der Waals surface area contributed by atoms with E-state index in [2.05, 4.69) is 22.0 Å². The summed E-state index contributed by atoms with van der Waals surface area (Å²) in [5.74, 6) is 0.925. The zero-order valence-corrected chi connectivity index (χ0v) is 13.4. The molecule has 1 unspecified atom stereocenters. The van der Waals surface area contributed by atoms with Gasteiger partial charge in [-0.15, -0.1) is 0 Å². The number of nitrogens with one attached hydrogen (secondary N) is 1. The Hall–Kier alpha value is -2.23. The van der Waals surface area contributed by atoms with Crippen molar-refractivity contribution in [2.75, 3.05) is 7.11 Å². The molecule has 23 heavy (non-hydrogen) atoms. The third-order valence-corrected chi connectivity index (χ3v) is 4.92. The van der Waals surface area contributed by atoms with Crippen LogP contribution in [-0.2, 0) is 6.42 Å². The van der Waals surface area contributed by atoms with Gasteiger partial charge in [0, 0.05) is 12.2 Å². The van der Waals surface area contributed by atoms with Crippen LogP contribution in [0.3, 0.4) is 0 Å². The zero-order valence-electron chi connectivity index (χ0n) is 13.4. The molecule has 1 aromatic carbocycles. The minimum atomic E-state index is 0.0376. The Morgan fingerprint density at radius 1 is 1.26 bits per heavy atom. The van der Waals surface area contributed by atoms with E-state index in [0.29, 0.717) is 6.04 Å². The summed E-state index contributed by atoms with van der Waals surface area (Å²) < 4.78 is 7.43. The Morgan fingerprint density at radius 3 is 2.91 bits per heavy atom. The molecule has 1 heterocycles. The van der Waals surface area contributed by atoms with Gasteiger partial charge >= 0.3 is 0 Å². The Morgan fingerprint density at radius 2 is 2.13 bits per heavy atom. The van der Waals surface area contributed by atoms with Crippen molar-refractivity contribution in [1.29, 1.82) is 0 Å². The van der Waals surface area contributed by atoms with E-state index in [9.17, 15) is 4.79 Å². The number of carbonyl (C=O) groups excluding carboxylic acids is 1. The summed E-state index contributed by atoms with van der Waals surface area (Å²) in [6, 6.07) is 10.7. The van der Waals surface area contributed by atoms with Crippen molar-refractivity contribution in [3.8, 4) is 5.75 Å². The van der Waals surface area contributed by atoms with E-state index in [4.69, 9.17) is 4.74 Å². The summed E-state index contributed by atoms with van der Waals surface area (Å²) in [6.07, 6.45) is 7.52. The van der Waals surface area contributed by atoms with Crippen molar-refractivity contribution in [2.45, 2.75) is 44.2 Å². The molecule has 0 saturated heterocycles. The van der Waals surface area contributed by atoms with E-state index in [1.54, 1.807) is 7.11 Å². The molecule has 2 aliphatic rings. The van der Waals surface area contributed by atoms with Crippen LogP contribution in [0, 0.1) is 0 Å². The Kier molecular flexibility index (Phi) is 3.60. The summed E-state index contributed by atoms with van der Waals surface area (Å²) in [5.41, 5.74) is 3.31. The van der Waals surface area contributed by atoms with Crippen molar-refractivity contribution in [2.24, 2.45) is 0 Å². The number of ether oxygens (including phenoxy) is 1. The Bertz CT molecular complexity index is 731. The molecular weight excluding hydrogens is 288 g/mol. The van der Waals surface area contributed by atoms with Crippen LogP contribution < -0.4 is 10.1 Å². The van der Waals surface area contributed by atoms with Gasteiger partial charge in [-0.1, -0.05) is 6.07 Å². The molecule has 0 bridgehead atoms. The lowest BCUT2D eigenvalue weighted by Crippen LogP contribution is -2.32. The van der Waals surface area contributed by atoms with E-state index in [1.807, 2.05) is 24.4 Å². The van der Waals surface area contributed by atoms with Gasteiger partial charge in [-0.25, -0.2) is 0 Å². The second-order valence-electron chi connectivity index (χ2n) is 6.51. The first-order valence-corrected chi connectivity index (χ1v) is 8.41. The van der Waals surface area contributed by atoms with Crippen LogP contribution >= 0.6 is 0 Å². The molecule has 2 aliphatic carbocycles. The summed E-state index contributed by atoms with van der Waals surface area (Å²) >= 11 is 0. The minimum absolute atomic E-state index is 0.0376. The Labute approximate surface area is 136 Å². The molecule has 1 fully saturated rings. The van der Waals surface area contributed by atoms with Gasteiger partial charge in [-0.2, -0.15) is 0 Å². The van der Waals surface area contributed by atoms with Gasteiger partial charge in [0.15, 0.2) is 0 Å². The minimum Gasteiger partial charge on any atom is -0.497 e. The van der Waals surface area contributed by atoms with Crippen LogP contribution in [0.1, 0.15) is 59.4 Å². The highest BCUT2D eigenvalue weighted by Gasteiger charge is 2.28. The number of fused-ring (bicyclic) bond motifs is 1. The number of aromatic nitrogens is 1. The first-order chi connectivity index (χ1) is 11.3. The maximum absolute atomic E-state index is 12.7. The Balaban J connectivity index is 1.55. The maximum Gasteiger partial charge on any atom is 0.268 e. The predicted molar refractivity (Wildman–Crippen MR) is 88.8 cm³/mol. The largest absolute Gasteiger partial charge is 0.497 e. The summed E-state index contributed by atoms with van der Waals surface area (Å²) in [4.78, 5) is 12.7. The molecule has 0 spiro atoms. The monoisotopic (exact) mass is 310 g/mol. The number of methoxy groups -OCH3 is 1. The molecule has 4 rings (SSSR count). The van der Waals surface area contributed by atoms with E-state index in [1.165, 1.54) is 24.0 Å². The quantitative estimate of drug-likeness (QED) is 0.937. The van der Waals surface area contributed by atoms with Crippen LogP contribution in [-0.4, -0.2) is 17.6 Å². The molecule has 1 N–H and O–H groups in total. The van der Waals surface area contributed by atoms with Gasteiger partial charge in [0.25, 0.3) is 5.91 Å². The molecule has 4 nitrogen and oxygen atoms in total. The van der Waals surface area contributed by atoms with Crippen molar-refractivity contribution < 1.29 is 9.53 Å².